The Balaban J connectivity index is 1.53. The van der Waals surface area contributed by atoms with Gasteiger partial charge in [0.15, 0.2) is 0 Å². The number of ether oxygens (including phenoxy) is 1. The first-order valence-electron chi connectivity index (χ1n) is 7.99. The molecule has 0 N–H and O–H groups in total. The lowest BCUT2D eigenvalue weighted by Crippen LogP contribution is -2.60. The largest absolute Gasteiger partial charge is 0.371 e. The highest BCUT2D eigenvalue weighted by atomic mass is 32.1. The quantitative estimate of drug-likeness (QED) is 0.850. The Morgan fingerprint density at radius 2 is 2.13 bits per heavy atom. The molecule has 0 bridgehead atoms. The molecule has 4 rings (SSSR count). The molecule has 2 fully saturated rings. The first kappa shape index (κ1) is 14.8. The maximum atomic E-state index is 12.9. The number of carbonyl (C=O) groups is 1. The summed E-state index contributed by atoms with van der Waals surface area (Å²) in [6, 6.07) is 7.76. The number of benzene rings is 1. The van der Waals surface area contributed by atoms with Crippen molar-refractivity contribution in [2.24, 2.45) is 0 Å². The minimum Gasteiger partial charge on any atom is -0.371 e. The first-order valence-corrected chi connectivity index (χ1v) is 8.83. The molecule has 1 saturated carbocycles. The Morgan fingerprint density at radius 3 is 2.74 bits per heavy atom. The molecule has 2 heterocycles. The van der Waals surface area contributed by atoms with Crippen molar-refractivity contribution in [3.8, 4) is 11.3 Å². The molecule has 1 atom stereocenters. The van der Waals surface area contributed by atoms with Gasteiger partial charge < -0.3 is 9.64 Å². The molecule has 1 amide bonds. The van der Waals surface area contributed by atoms with Crippen LogP contribution in [0.5, 0.6) is 0 Å². The van der Waals surface area contributed by atoms with E-state index in [1.807, 2.05) is 34.5 Å². The molecule has 2 aromatic rings. The summed E-state index contributed by atoms with van der Waals surface area (Å²) >= 11 is 1.33. The summed E-state index contributed by atoms with van der Waals surface area (Å²) in [5.41, 5.74) is 2.48. The highest BCUT2D eigenvalue weighted by molar-refractivity contribution is 7.03. The van der Waals surface area contributed by atoms with E-state index in [1.165, 1.54) is 18.0 Å². The van der Waals surface area contributed by atoms with Gasteiger partial charge in [-0.2, -0.15) is 0 Å². The van der Waals surface area contributed by atoms with Crippen molar-refractivity contribution in [2.45, 2.75) is 37.8 Å². The number of hydrogen-bond acceptors (Lipinski definition) is 5. The highest BCUT2D eigenvalue weighted by Crippen LogP contribution is 2.39. The summed E-state index contributed by atoms with van der Waals surface area (Å²) in [6.07, 6.45) is 3.34. The second-order valence-electron chi connectivity index (χ2n) is 6.50. The van der Waals surface area contributed by atoms with E-state index in [4.69, 9.17) is 4.74 Å². The molecule has 23 heavy (non-hydrogen) atoms. The molecule has 1 saturated heterocycles. The number of morpholine rings is 1. The Hall–Kier alpha value is -1.79. The third kappa shape index (κ3) is 2.66. The van der Waals surface area contributed by atoms with Crippen molar-refractivity contribution < 1.29 is 9.53 Å². The van der Waals surface area contributed by atoms with Crippen LogP contribution in [0.4, 0.5) is 0 Å². The predicted molar refractivity (Wildman–Crippen MR) is 88.4 cm³/mol. The Kier molecular flexibility index (Phi) is 3.66. The van der Waals surface area contributed by atoms with Crippen LogP contribution in [0.3, 0.4) is 0 Å². The number of nitrogens with zero attached hydrogens (tertiary/aromatic N) is 3. The SMILES string of the molecule is CC1COC2(CCC2)CN1C(=O)c1ccc(-c2csnn2)cc1. The van der Waals surface area contributed by atoms with Gasteiger partial charge in [-0.25, -0.2) is 0 Å². The minimum atomic E-state index is -0.0750. The molecule has 1 aromatic carbocycles. The zero-order chi connectivity index (χ0) is 15.9. The minimum absolute atomic E-state index is 0.0750. The van der Waals surface area contributed by atoms with Gasteiger partial charge in [0.1, 0.15) is 5.69 Å². The highest BCUT2D eigenvalue weighted by Gasteiger charge is 2.45. The van der Waals surface area contributed by atoms with Crippen LogP contribution in [0.1, 0.15) is 36.5 Å². The number of hydrogen-bond donors (Lipinski definition) is 0. The lowest BCUT2D eigenvalue weighted by Gasteiger charge is -2.50. The van der Waals surface area contributed by atoms with E-state index >= 15 is 0 Å². The summed E-state index contributed by atoms with van der Waals surface area (Å²) in [6.45, 7) is 3.40. The number of rotatable bonds is 2. The van der Waals surface area contributed by atoms with Crippen molar-refractivity contribution >= 4 is 17.4 Å². The molecule has 5 nitrogen and oxygen atoms in total. The zero-order valence-corrected chi connectivity index (χ0v) is 13.9. The van der Waals surface area contributed by atoms with Gasteiger partial charge >= 0.3 is 0 Å². The van der Waals surface area contributed by atoms with Crippen LogP contribution in [0.15, 0.2) is 29.6 Å². The smallest absolute Gasteiger partial charge is 0.254 e. The van der Waals surface area contributed by atoms with Crippen LogP contribution in [-0.4, -0.2) is 45.2 Å². The average Bonchev–Trinajstić information content (AvgIpc) is 3.08. The van der Waals surface area contributed by atoms with E-state index in [2.05, 4.69) is 16.5 Å². The fourth-order valence-electron chi connectivity index (χ4n) is 3.28. The lowest BCUT2D eigenvalue weighted by molar-refractivity contribution is -0.158. The summed E-state index contributed by atoms with van der Waals surface area (Å²) in [4.78, 5) is 14.9. The van der Waals surface area contributed by atoms with Gasteiger partial charge in [-0.15, -0.1) is 5.10 Å². The van der Waals surface area contributed by atoms with Gasteiger partial charge in [0.05, 0.1) is 24.8 Å². The molecular formula is C17H19N3O2S. The van der Waals surface area contributed by atoms with E-state index < -0.39 is 0 Å². The summed E-state index contributed by atoms with van der Waals surface area (Å²) in [5.74, 6) is 0.0926. The third-order valence-corrected chi connectivity index (χ3v) is 5.44. The summed E-state index contributed by atoms with van der Waals surface area (Å²) in [7, 11) is 0. The summed E-state index contributed by atoms with van der Waals surface area (Å²) < 4.78 is 9.86. The van der Waals surface area contributed by atoms with Crippen LogP contribution in [0.25, 0.3) is 11.3 Å². The monoisotopic (exact) mass is 329 g/mol. The number of carbonyl (C=O) groups excluding carboxylic acids is 1. The molecule has 1 unspecified atom stereocenters. The van der Waals surface area contributed by atoms with Crippen LogP contribution in [0, 0.1) is 0 Å². The van der Waals surface area contributed by atoms with E-state index in [1.54, 1.807) is 0 Å². The fraction of sp³-hybridized carbons (Fsp3) is 0.471. The van der Waals surface area contributed by atoms with Crippen LogP contribution in [-0.2, 0) is 4.74 Å². The third-order valence-electron chi connectivity index (χ3n) is 4.93. The molecular weight excluding hydrogens is 310 g/mol. The molecule has 120 valence electrons. The average molecular weight is 329 g/mol. The molecule has 2 aliphatic rings. The van der Waals surface area contributed by atoms with Gasteiger partial charge in [-0.05, 0) is 49.9 Å². The molecule has 1 spiro atoms. The second-order valence-corrected chi connectivity index (χ2v) is 7.11. The van der Waals surface area contributed by atoms with E-state index in [0.29, 0.717) is 13.2 Å². The Morgan fingerprint density at radius 1 is 1.35 bits per heavy atom. The van der Waals surface area contributed by atoms with E-state index in [9.17, 15) is 4.79 Å². The second kappa shape index (κ2) is 5.69. The van der Waals surface area contributed by atoms with Gasteiger partial charge in [0, 0.05) is 16.5 Å². The lowest BCUT2D eigenvalue weighted by atomic mass is 9.78. The standard InChI is InChI=1S/C17H19N3O2S/c1-12-9-22-17(7-2-8-17)11-20(12)16(21)14-5-3-13(4-6-14)15-10-23-19-18-15/h3-6,10,12H,2,7-9,11H2,1H3. The van der Waals surface area contributed by atoms with Crippen molar-refractivity contribution in [1.82, 2.24) is 14.5 Å². The van der Waals surface area contributed by atoms with Gasteiger partial charge in [0.25, 0.3) is 5.91 Å². The van der Waals surface area contributed by atoms with E-state index in [-0.39, 0.29) is 17.6 Å². The topological polar surface area (TPSA) is 55.3 Å². The molecule has 0 radical (unpaired) electrons. The Labute approximate surface area is 139 Å². The van der Waals surface area contributed by atoms with Crippen LogP contribution < -0.4 is 0 Å². The van der Waals surface area contributed by atoms with Gasteiger partial charge in [-0.1, -0.05) is 16.6 Å². The van der Waals surface area contributed by atoms with Gasteiger partial charge in [-0.3, -0.25) is 4.79 Å². The summed E-state index contributed by atoms with van der Waals surface area (Å²) in [5, 5.41) is 5.96. The zero-order valence-electron chi connectivity index (χ0n) is 13.1. The maximum Gasteiger partial charge on any atom is 0.254 e. The van der Waals surface area contributed by atoms with Crippen LogP contribution in [0.2, 0.25) is 0 Å². The molecule has 1 aliphatic carbocycles. The normalized spacial score (nSPS) is 22.8. The maximum absolute atomic E-state index is 12.9. The fourth-order valence-corrected chi connectivity index (χ4v) is 3.75. The molecule has 6 heteroatoms. The van der Waals surface area contributed by atoms with E-state index in [0.717, 1.165) is 29.7 Å². The number of amides is 1. The molecule has 1 aliphatic heterocycles. The van der Waals surface area contributed by atoms with Gasteiger partial charge in [0.2, 0.25) is 0 Å². The van der Waals surface area contributed by atoms with Crippen LogP contribution >= 0.6 is 11.5 Å². The molecule has 1 aromatic heterocycles. The van der Waals surface area contributed by atoms with Crippen molar-refractivity contribution in [3.63, 3.8) is 0 Å². The van der Waals surface area contributed by atoms with Crippen molar-refractivity contribution in [3.05, 3.63) is 35.2 Å². The first-order chi connectivity index (χ1) is 11.2. The predicted octanol–water partition coefficient (Wildman–Crippen LogP) is 2.99. The number of aromatic nitrogens is 2. The Bertz CT molecular complexity index is 695. The van der Waals surface area contributed by atoms with Crippen molar-refractivity contribution in [2.75, 3.05) is 13.2 Å². The van der Waals surface area contributed by atoms with Crippen molar-refractivity contribution in [1.29, 1.82) is 0 Å².